The monoisotopic (exact) mass is 746 g/mol. The van der Waals surface area contributed by atoms with Crippen molar-refractivity contribution in [1.82, 2.24) is 4.90 Å². The van der Waals surface area contributed by atoms with Crippen LogP contribution in [0.15, 0.2) is 89.3 Å². The Balaban J connectivity index is 1.48. The molecule has 6 rings (SSSR count). The second-order valence-corrected chi connectivity index (χ2v) is 15.5. The SMILES string of the molecule is COc1cc(C2C3=C(CC(C)(C)CC3=O)N(Cc3ccccc3)C3=C2C(=O)CC(C)(C)C3)cc(I)c1OCc1cccc([N+](=O)[O-])c1. The Morgan fingerprint density at radius 1 is 0.851 bits per heavy atom. The lowest BCUT2D eigenvalue weighted by molar-refractivity contribution is -0.384. The molecule has 1 heterocycles. The second-order valence-electron chi connectivity index (χ2n) is 14.4. The van der Waals surface area contributed by atoms with Crippen LogP contribution in [0.25, 0.3) is 0 Å². The first-order chi connectivity index (χ1) is 22.3. The Labute approximate surface area is 289 Å². The molecule has 0 aromatic heterocycles. The van der Waals surface area contributed by atoms with E-state index in [1.54, 1.807) is 19.2 Å². The summed E-state index contributed by atoms with van der Waals surface area (Å²) in [5.41, 5.74) is 5.56. The minimum absolute atomic E-state index is 0.00414. The Hall–Kier alpha value is -3.99. The highest BCUT2D eigenvalue weighted by Gasteiger charge is 2.49. The second kappa shape index (κ2) is 12.6. The standard InChI is InChI=1S/C38H39IN2O6/c1-37(2)17-28-34(30(42)19-37)33(35-29(18-38(3,4)20-31(35)43)40(28)21-23-10-7-6-8-11-23)25-15-27(39)36(32(16-25)46-5)47-22-24-12-9-13-26(14-24)41(44)45/h6-16,33H,17-22H2,1-5H3. The van der Waals surface area contributed by atoms with Crippen molar-refractivity contribution in [1.29, 1.82) is 0 Å². The molecule has 3 aliphatic rings. The fourth-order valence-corrected chi connectivity index (χ4v) is 8.08. The zero-order chi connectivity index (χ0) is 33.7. The topological polar surface area (TPSA) is 99.0 Å². The van der Waals surface area contributed by atoms with E-state index in [4.69, 9.17) is 9.47 Å². The van der Waals surface area contributed by atoms with Crippen molar-refractivity contribution in [3.8, 4) is 11.5 Å². The van der Waals surface area contributed by atoms with Crippen LogP contribution in [0, 0.1) is 24.5 Å². The molecule has 3 aromatic rings. The van der Waals surface area contributed by atoms with Crippen LogP contribution in [0.2, 0.25) is 0 Å². The van der Waals surface area contributed by atoms with Crippen LogP contribution >= 0.6 is 22.6 Å². The highest BCUT2D eigenvalue weighted by molar-refractivity contribution is 14.1. The van der Waals surface area contributed by atoms with E-state index in [9.17, 15) is 19.7 Å². The first-order valence-corrected chi connectivity index (χ1v) is 16.9. The molecule has 0 amide bonds. The third-order valence-corrected chi connectivity index (χ3v) is 10.1. The number of halogens is 1. The van der Waals surface area contributed by atoms with Crippen LogP contribution in [0.4, 0.5) is 5.69 Å². The summed E-state index contributed by atoms with van der Waals surface area (Å²) in [7, 11) is 1.57. The summed E-state index contributed by atoms with van der Waals surface area (Å²) >= 11 is 2.20. The molecule has 2 aliphatic carbocycles. The van der Waals surface area contributed by atoms with E-state index in [2.05, 4.69) is 67.3 Å². The Kier molecular flexibility index (Phi) is 8.80. The molecule has 0 atom stereocenters. The third-order valence-electron chi connectivity index (χ3n) is 9.29. The minimum Gasteiger partial charge on any atom is -0.493 e. The molecule has 8 nitrogen and oxygen atoms in total. The molecule has 0 saturated heterocycles. The summed E-state index contributed by atoms with van der Waals surface area (Å²) < 4.78 is 12.8. The maximum absolute atomic E-state index is 14.3. The average Bonchev–Trinajstić information content (AvgIpc) is 3.00. The highest BCUT2D eigenvalue weighted by atomic mass is 127. The number of ether oxygens (including phenoxy) is 2. The van der Waals surface area contributed by atoms with Gasteiger partial charge >= 0.3 is 0 Å². The Morgan fingerprint density at radius 2 is 1.45 bits per heavy atom. The van der Waals surface area contributed by atoms with E-state index in [1.807, 2.05) is 30.3 Å². The van der Waals surface area contributed by atoms with Crippen LogP contribution < -0.4 is 9.47 Å². The summed E-state index contributed by atoms with van der Waals surface area (Å²) in [6, 6.07) is 20.5. The van der Waals surface area contributed by atoms with Crippen LogP contribution in [0.5, 0.6) is 11.5 Å². The molecule has 0 radical (unpaired) electrons. The number of nitrogens with zero attached hydrogens (tertiary/aromatic N) is 2. The number of methoxy groups -OCH3 is 1. The van der Waals surface area contributed by atoms with E-state index in [1.165, 1.54) is 12.1 Å². The fraction of sp³-hybridized carbons (Fsp3) is 0.368. The predicted molar refractivity (Wildman–Crippen MR) is 188 cm³/mol. The van der Waals surface area contributed by atoms with Gasteiger partial charge in [-0.2, -0.15) is 0 Å². The maximum atomic E-state index is 14.3. The summed E-state index contributed by atoms with van der Waals surface area (Å²) in [6.45, 7) is 9.26. The number of carbonyl (C=O) groups is 2. The number of ketones is 2. The molecule has 0 unspecified atom stereocenters. The number of nitro groups is 1. The first-order valence-electron chi connectivity index (χ1n) is 15.8. The van der Waals surface area contributed by atoms with E-state index >= 15 is 0 Å². The summed E-state index contributed by atoms with van der Waals surface area (Å²) in [5, 5.41) is 11.3. The third kappa shape index (κ3) is 6.59. The Bertz CT molecular complexity index is 1790. The smallest absolute Gasteiger partial charge is 0.269 e. The molecule has 0 spiro atoms. The van der Waals surface area contributed by atoms with Gasteiger partial charge in [0.1, 0.15) is 6.61 Å². The zero-order valence-electron chi connectivity index (χ0n) is 27.4. The summed E-state index contributed by atoms with van der Waals surface area (Å²) in [4.78, 5) is 41.6. The van der Waals surface area contributed by atoms with Crippen LogP contribution in [0.1, 0.15) is 76.0 Å². The normalized spacial score (nSPS) is 19.0. The van der Waals surface area contributed by atoms with Crippen molar-refractivity contribution >= 4 is 39.8 Å². The molecule has 9 heteroatoms. The molecular weight excluding hydrogens is 707 g/mol. The number of Topliss-reactive ketones (excluding diaryl/α,β-unsaturated/α-hetero) is 2. The van der Waals surface area contributed by atoms with Crippen molar-refractivity contribution in [2.45, 2.75) is 72.4 Å². The minimum atomic E-state index is -0.521. The van der Waals surface area contributed by atoms with Crippen molar-refractivity contribution in [3.63, 3.8) is 0 Å². The number of rotatable bonds is 8. The van der Waals surface area contributed by atoms with Gasteiger partial charge < -0.3 is 14.4 Å². The molecule has 3 aromatic carbocycles. The van der Waals surface area contributed by atoms with Crippen LogP contribution in [0.3, 0.4) is 0 Å². The zero-order valence-corrected chi connectivity index (χ0v) is 29.6. The maximum Gasteiger partial charge on any atom is 0.269 e. The van der Waals surface area contributed by atoms with Gasteiger partial charge in [0.2, 0.25) is 0 Å². The number of carbonyl (C=O) groups excluding carboxylic acids is 2. The van der Waals surface area contributed by atoms with Crippen molar-refractivity contribution < 1.29 is 24.0 Å². The molecule has 47 heavy (non-hydrogen) atoms. The molecule has 0 fully saturated rings. The lowest BCUT2D eigenvalue weighted by atomic mass is 9.63. The van der Waals surface area contributed by atoms with Gasteiger partial charge in [-0.3, -0.25) is 19.7 Å². The number of nitro benzene ring substituents is 1. The largest absolute Gasteiger partial charge is 0.493 e. The summed E-state index contributed by atoms with van der Waals surface area (Å²) in [5.74, 6) is 0.598. The van der Waals surface area contributed by atoms with Crippen molar-refractivity contribution in [3.05, 3.63) is 120 Å². The lowest BCUT2D eigenvalue weighted by Crippen LogP contribution is -2.44. The quantitative estimate of drug-likeness (QED) is 0.129. The number of non-ortho nitro benzene ring substituents is 1. The van der Waals surface area contributed by atoms with Gasteiger partial charge in [-0.05, 0) is 75.1 Å². The first kappa shape index (κ1) is 32.9. The van der Waals surface area contributed by atoms with E-state index in [0.717, 1.165) is 38.9 Å². The number of allylic oxidation sites excluding steroid dienone is 4. The molecule has 244 valence electrons. The van der Waals surface area contributed by atoms with Crippen molar-refractivity contribution in [2.24, 2.45) is 10.8 Å². The molecular formula is C38H39IN2O6. The van der Waals surface area contributed by atoms with E-state index < -0.39 is 10.8 Å². The van der Waals surface area contributed by atoms with Gasteiger partial charge in [-0.15, -0.1) is 0 Å². The highest BCUT2D eigenvalue weighted by Crippen LogP contribution is 2.55. The van der Waals surface area contributed by atoms with Gasteiger partial charge in [0.25, 0.3) is 5.69 Å². The molecule has 0 saturated carbocycles. The molecule has 0 bridgehead atoms. The van der Waals surface area contributed by atoms with Gasteiger partial charge in [-0.1, -0.05) is 70.2 Å². The summed E-state index contributed by atoms with van der Waals surface area (Å²) in [6.07, 6.45) is 2.26. The van der Waals surface area contributed by atoms with Crippen LogP contribution in [-0.4, -0.2) is 28.5 Å². The van der Waals surface area contributed by atoms with Gasteiger partial charge in [0.05, 0.1) is 15.6 Å². The van der Waals surface area contributed by atoms with Crippen LogP contribution in [-0.2, 0) is 22.7 Å². The molecule has 0 N–H and O–H groups in total. The Morgan fingerprint density at radius 3 is 2.02 bits per heavy atom. The predicted octanol–water partition coefficient (Wildman–Crippen LogP) is 8.67. The average molecular weight is 747 g/mol. The van der Waals surface area contributed by atoms with E-state index in [0.29, 0.717) is 47.6 Å². The number of benzene rings is 3. The van der Waals surface area contributed by atoms with Gasteiger partial charge in [0, 0.05) is 60.0 Å². The number of hydrogen-bond donors (Lipinski definition) is 0. The van der Waals surface area contributed by atoms with E-state index in [-0.39, 0.29) is 34.7 Å². The van der Waals surface area contributed by atoms with Gasteiger partial charge in [-0.25, -0.2) is 0 Å². The van der Waals surface area contributed by atoms with Crippen molar-refractivity contribution in [2.75, 3.05) is 7.11 Å². The number of hydrogen-bond acceptors (Lipinski definition) is 7. The van der Waals surface area contributed by atoms with Gasteiger partial charge in [0.15, 0.2) is 23.1 Å². The fourth-order valence-electron chi connectivity index (χ4n) is 7.30. The lowest BCUT2D eigenvalue weighted by Gasteiger charge is -2.49. The molecule has 1 aliphatic heterocycles.